The molecule has 2 bridgehead atoms. The highest BCUT2D eigenvalue weighted by Gasteiger charge is 2.41. The van der Waals surface area contributed by atoms with Crippen LogP contribution in [0.3, 0.4) is 0 Å². The van der Waals surface area contributed by atoms with E-state index in [1.54, 1.807) is 12.4 Å². The number of piperazine rings is 1. The van der Waals surface area contributed by atoms with Gasteiger partial charge in [0.15, 0.2) is 0 Å². The van der Waals surface area contributed by atoms with Crippen molar-refractivity contribution in [2.75, 3.05) is 25.0 Å². The van der Waals surface area contributed by atoms with Crippen molar-refractivity contribution in [3.05, 3.63) is 18.6 Å². The van der Waals surface area contributed by atoms with Gasteiger partial charge >= 0.3 is 0 Å². The second-order valence-electron chi connectivity index (χ2n) is 4.20. The van der Waals surface area contributed by atoms with Crippen molar-refractivity contribution in [2.45, 2.75) is 18.5 Å². The van der Waals surface area contributed by atoms with E-state index in [4.69, 9.17) is 0 Å². The van der Waals surface area contributed by atoms with Crippen LogP contribution in [0.4, 0.5) is 5.82 Å². The van der Waals surface area contributed by atoms with E-state index in [0.29, 0.717) is 6.04 Å². The third-order valence-corrected chi connectivity index (χ3v) is 3.36. The summed E-state index contributed by atoms with van der Waals surface area (Å²) in [6.45, 7) is 2.28. The Morgan fingerprint density at radius 1 is 1.29 bits per heavy atom. The monoisotopic (exact) mass is 190 g/mol. The molecular formula is C10H14N4. The molecule has 1 aromatic heterocycles. The highest BCUT2D eigenvalue weighted by molar-refractivity contribution is 5.40. The fourth-order valence-corrected chi connectivity index (χ4v) is 2.59. The molecule has 2 aliphatic heterocycles. The number of fused-ring (bicyclic) bond motifs is 2. The zero-order valence-electron chi connectivity index (χ0n) is 8.30. The summed E-state index contributed by atoms with van der Waals surface area (Å²) in [5.74, 6) is 1.04. The molecule has 2 fully saturated rings. The van der Waals surface area contributed by atoms with Crippen LogP contribution in [0, 0.1) is 0 Å². The fraction of sp³-hybridized carbons (Fsp3) is 0.600. The molecule has 74 valence electrons. The maximum Gasteiger partial charge on any atom is 0.147 e. The first-order valence-electron chi connectivity index (χ1n) is 5.07. The average molecular weight is 190 g/mol. The van der Waals surface area contributed by atoms with E-state index in [-0.39, 0.29) is 0 Å². The van der Waals surface area contributed by atoms with Gasteiger partial charge in [0.1, 0.15) is 5.82 Å². The Kier molecular flexibility index (Phi) is 1.70. The standard InChI is InChI=1S/C10H14N4/c1-13-6-9-4-8(13)7-14(9)10-5-11-2-3-12-10/h2-3,5,8-9H,4,6-7H2,1H3/t8-,9?/m1/s1. The van der Waals surface area contributed by atoms with Crippen LogP contribution in [0.25, 0.3) is 0 Å². The number of rotatable bonds is 1. The van der Waals surface area contributed by atoms with Crippen molar-refractivity contribution in [1.29, 1.82) is 0 Å². The molecule has 0 saturated carbocycles. The molecular weight excluding hydrogens is 176 g/mol. The molecule has 4 nitrogen and oxygen atoms in total. The van der Waals surface area contributed by atoms with Crippen molar-refractivity contribution in [2.24, 2.45) is 0 Å². The lowest BCUT2D eigenvalue weighted by Gasteiger charge is -2.32. The Morgan fingerprint density at radius 2 is 2.21 bits per heavy atom. The van der Waals surface area contributed by atoms with Crippen LogP contribution in [0.2, 0.25) is 0 Å². The zero-order valence-corrected chi connectivity index (χ0v) is 8.30. The van der Waals surface area contributed by atoms with Gasteiger partial charge in [-0.2, -0.15) is 0 Å². The number of hydrogen-bond acceptors (Lipinski definition) is 4. The van der Waals surface area contributed by atoms with Crippen molar-refractivity contribution >= 4 is 5.82 Å². The van der Waals surface area contributed by atoms with Crippen LogP contribution in [0.1, 0.15) is 6.42 Å². The molecule has 0 amide bonds. The normalized spacial score (nSPS) is 31.4. The maximum absolute atomic E-state index is 4.35. The minimum atomic E-state index is 0.654. The van der Waals surface area contributed by atoms with E-state index in [2.05, 4.69) is 26.8 Å². The predicted octanol–water partition coefficient (Wildman–Crippen LogP) is 0.369. The number of likely N-dealkylation sites (tertiary alicyclic amines) is 1. The van der Waals surface area contributed by atoms with Gasteiger partial charge in [0.2, 0.25) is 0 Å². The molecule has 3 heterocycles. The highest BCUT2D eigenvalue weighted by Crippen LogP contribution is 2.31. The van der Waals surface area contributed by atoms with E-state index < -0.39 is 0 Å². The van der Waals surface area contributed by atoms with Crippen molar-refractivity contribution in [1.82, 2.24) is 14.9 Å². The summed E-state index contributed by atoms with van der Waals surface area (Å²) in [6.07, 6.45) is 6.64. The minimum Gasteiger partial charge on any atom is -0.349 e. The Morgan fingerprint density at radius 3 is 2.79 bits per heavy atom. The summed E-state index contributed by atoms with van der Waals surface area (Å²) >= 11 is 0. The van der Waals surface area contributed by atoms with Crippen LogP contribution < -0.4 is 4.90 Å². The molecule has 0 aliphatic carbocycles. The number of aromatic nitrogens is 2. The maximum atomic E-state index is 4.35. The summed E-state index contributed by atoms with van der Waals surface area (Å²) < 4.78 is 0. The largest absolute Gasteiger partial charge is 0.349 e. The minimum absolute atomic E-state index is 0.654. The first-order chi connectivity index (χ1) is 6.84. The number of nitrogens with zero attached hydrogens (tertiary/aromatic N) is 4. The fourth-order valence-electron chi connectivity index (χ4n) is 2.59. The van der Waals surface area contributed by atoms with Gasteiger partial charge in [-0.25, -0.2) is 4.98 Å². The number of anilines is 1. The predicted molar refractivity (Wildman–Crippen MR) is 54.2 cm³/mol. The first-order valence-corrected chi connectivity index (χ1v) is 5.07. The SMILES string of the molecule is CN1CC2C[C@@H]1CN2c1cnccn1. The Balaban J connectivity index is 1.84. The average Bonchev–Trinajstić information content (AvgIpc) is 2.77. The summed E-state index contributed by atoms with van der Waals surface area (Å²) in [7, 11) is 2.21. The second-order valence-corrected chi connectivity index (χ2v) is 4.20. The third-order valence-electron chi connectivity index (χ3n) is 3.36. The van der Waals surface area contributed by atoms with Crippen LogP contribution in [-0.2, 0) is 0 Å². The first kappa shape index (κ1) is 8.17. The van der Waals surface area contributed by atoms with Crippen molar-refractivity contribution in [3.8, 4) is 0 Å². The smallest absolute Gasteiger partial charge is 0.147 e. The molecule has 1 unspecified atom stereocenters. The van der Waals surface area contributed by atoms with Gasteiger partial charge in [-0.15, -0.1) is 0 Å². The molecule has 3 rings (SSSR count). The Labute approximate surface area is 83.6 Å². The highest BCUT2D eigenvalue weighted by atomic mass is 15.4. The van der Waals surface area contributed by atoms with Gasteiger partial charge in [0, 0.05) is 37.6 Å². The summed E-state index contributed by atoms with van der Waals surface area (Å²) in [5.41, 5.74) is 0. The second kappa shape index (κ2) is 2.92. The van der Waals surface area contributed by atoms with Gasteiger partial charge in [-0.3, -0.25) is 9.88 Å². The van der Waals surface area contributed by atoms with Crippen molar-refractivity contribution < 1.29 is 0 Å². The van der Waals surface area contributed by atoms with Gasteiger partial charge in [-0.05, 0) is 13.5 Å². The van der Waals surface area contributed by atoms with Gasteiger partial charge < -0.3 is 4.90 Å². The van der Waals surface area contributed by atoms with E-state index in [9.17, 15) is 0 Å². The van der Waals surface area contributed by atoms with Gasteiger partial charge in [-0.1, -0.05) is 0 Å². The summed E-state index contributed by atoms with van der Waals surface area (Å²) in [4.78, 5) is 13.3. The number of hydrogen-bond donors (Lipinski definition) is 0. The lowest BCUT2D eigenvalue weighted by Crippen LogP contribution is -2.44. The van der Waals surface area contributed by atoms with E-state index in [1.807, 2.05) is 6.20 Å². The molecule has 1 aromatic rings. The zero-order chi connectivity index (χ0) is 9.54. The van der Waals surface area contributed by atoms with E-state index >= 15 is 0 Å². The van der Waals surface area contributed by atoms with Gasteiger partial charge in [0.05, 0.1) is 6.20 Å². The molecule has 0 aromatic carbocycles. The van der Waals surface area contributed by atoms with Crippen LogP contribution in [0.5, 0.6) is 0 Å². The Hall–Kier alpha value is -1.16. The quantitative estimate of drug-likeness (QED) is 0.640. The molecule has 4 heteroatoms. The summed E-state index contributed by atoms with van der Waals surface area (Å²) in [5, 5.41) is 0. The molecule has 2 atom stereocenters. The van der Waals surface area contributed by atoms with Crippen LogP contribution in [0.15, 0.2) is 18.6 Å². The molecule has 14 heavy (non-hydrogen) atoms. The lowest BCUT2D eigenvalue weighted by molar-refractivity contribution is 0.292. The lowest BCUT2D eigenvalue weighted by atomic mass is 10.2. The number of likely N-dealkylation sites (N-methyl/N-ethyl adjacent to an activating group) is 1. The van der Waals surface area contributed by atoms with Gasteiger partial charge in [0.25, 0.3) is 0 Å². The summed E-state index contributed by atoms with van der Waals surface area (Å²) in [6, 6.07) is 1.38. The van der Waals surface area contributed by atoms with E-state index in [0.717, 1.165) is 18.4 Å². The molecule has 2 saturated heterocycles. The van der Waals surface area contributed by atoms with E-state index in [1.165, 1.54) is 13.0 Å². The van der Waals surface area contributed by atoms with Crippen LogP contribution in [-0.4, -0.2) is 47.1 Å². The topological polar surface area (TPSA) is 32.3 Å². The van der Waals surface area contributed by atoms with Crippen molar-refractivity contribution in [3.63, 3.8) is 0 Å². The Bertz CT molecular complexity index is 324. The van der Waals surface area contributed by atoms with Crippen LogP contribution >= 0.6 is 0 Å². The molecule has 0 N–H and O–H groups in total. The molecule has 0 radical (unpaired) electrons. The third kappa shape index (κ3) is 1.10. The molecule has 2 aliphatic rings. The molecule has 0 spiro atoms.